The minimum Gasteiger partial charge on any atom is -0.483 e. The molecule has 0 amide bonds. The number of hydrogen-bond acceptors (Lipinski definition) is 12. The van der Waals surface area contributed by atoms with Crippen LogP contribution in [0.4, 0.5) is 39.8 Å². The third-order valence-corrected chi connectivity index (χ3v) is 19.1. The largest absolute Gasteiger partial charge is 0.483 e. The Kier molecular flexibility index (Phi) is 21.0. The molecule has 1 radical (unpaired) electrons. The SMILES string of the molecule is CC=O.Cc1cccc2c1N1C(=CN(C)C1C)C2.Cc1cccc2c1N1C(=CN(C)C1C)C=C2.Cc1cccc2c1N1C(=CN(C)C1C)c1ccccc1-2.Cc1cccc2c1N1c3c(cccc3N(C)C1C)C2.O=CO.[CH2-]C1=CN(C)C(C)N1c1[c-]cccc1C.[Y]. The van der Waals surface area contributed by atoms with Crippen LogP contribution in [0.3, 0.4) is 0 Å². The Labute approximate surface area is 573 Å². The van der Waals surface area contributed by atoms with E-state index in [9.17, 15) is 0 Å². The van der Waals surface area contributed by atoms with Crippen molar-refractivity contribution >= 4 is 64.3 Å². The number of nitrogens with zero attached hydrogens (tertiary/aromatic N) is 10. The van der Waals surface area contributed by atoms with Crippen LogP contribution in [0.5, 0.6) is 0 Å². The van der Waals surface area contributed by atoms with Crippen molar-refractivity contribution in [2.24, 2.45) is 0 Å². The fourth-order valence-corrected chi connectivity index (χ4v) is 14.1. The third kappa shape index (κ3) is 12.6. The monoisotopic (exact) mass is 1300 g/mol. The van der Waals surface area contributed by atoms with Gasteiger partial charge in [-0.15, -0.1) is 17.5 Å². The number of benzene rings is 7. The van der Waals surface area contributed by atoms with E-state index in [0.717, 1.165) is 30.5 Å². The van der Waals surface area contributed by atoms with Crippen molar-refractivity contribution in [3.05, 3.63) is 250 Å². The second kappa shape index (κ2) is 28.5. The first kappa shape index (κ1) is 67.7. The molecule has 0 saturated carbocycles. The molecule has 7 aromatic rings. The van der Waals surface area contributed by atoms with Crippen molar-refractivity contribution < 1.29 is 47.4 Å². The summed E-state index contributed by atoms with van der Waals surface area (Å²) < 4.78 is 0. The van der Waals surface area contributed by atoms with E-state index in [4.69, 9.17) is 14.7 Å². The van der Waals surface area contributed by atoms with E-state index >= 15 is 0 Å². The molecule has 0 aliphatic carbocycles. The second-order valence-electron chi connectivity index (χ2n) is 24.8. The number of carbonyl (C=O) groups is 2. The van der Waals surface area contributed by atoms with Gasteiger partial charge in [-0.05, 0) is 138 Å². The maximum absolute atomic E-state index is 8.81. The van der Waals surface area contributed by atoms with Gasteiger partial charge < -0.3 is 58.9 Å². The molecule has 475 valence electrons. The minimum absolute atomic E-state index is 0. The summed E-state index contributed by atoms with van der Waals surface area (Å²) in [7, 11) is 10.7. The van der Waals surface area contributed by atoms with Gasteiger partial charge in [0, 0.05) is 121 Å². The molecule has 9 aliphatic heterocycles. The molecule has 0 spiro atoms. The summed E-state index contributed by atoms with van der Waals surface area (Å²) in [5.74, 6) is 0. The molecular formula is C78H90N10O3Y-2. The predicted octanol–water partition coefficient (Wildman–Crippen LogP) is 15.8. The van der Waals surface area contributed by atoms with Crippen LogP contribution in [-0.4, -0.2) is 104 Å². The molecule has 14 heteroatoms. The van der Waals surface area contributed by atoms with Crippen LogP contribution in [0.15, 0.2) is 181 Å². The second-order valence-corrected chi connectivity index (χ2v) is 24.8. The van der Waals surface area contributed by atoms with Gasteiger partial charge >= 0.3 is 0 Å². The third-order valence-electron chi connectivity index (χ3n) is 19.1. The zero-order valence-corrected chi connectivity index (χ0v) is 59.5. The molecule has 0 aromatic heterocycles. The number of allylic oxidation sites excluding steroid dienone is 3. The summed E-state index contributed by atoms with van der Waals surface area (Å²) in [6.07, 6.45) is 18.0. The molecule has 7 aromatic carbocycles. The number of anilines is 7. The average Bonchev–Trinajstić information content (AvgIpc) is 1.49. The topological polar surface area (TPSA) is 86.8 Å². The Morgan fingerprint density at radius 2 is 0.946 bits per heavy atom. The Morgan fingerprint density at radius 3 is 1.58 bits per heavy atom. The van der Waals surface area contributed by atoms with Crippen LogP contribution in [0.25, 0.3) is 22.9 Å². The number of carbonyl (C=O) groups excluding carboxylic acids is 1. The molecule has 0 saturated heterocycles. The number of para-hydroxylation sites is 6. The van der Waals surface area contributed by atoms with Crippen molar-refractivity contribution in [1.82, 2.24) is 19.6 Å². The number of fused-ring (bicyclic) bond motifs is 14. The minimum atomic E-state index is -0.250. The molecule has 13 nitrogen and oxygen atoms in total. The maximum atomic E-state index is 8.81. The summed E-state index contributed by atoms with van der Waals surface area (Å²) >= 11 is 0. The Morgan fingerprint density at radius 1 is 0.467 bits per heavy atom. The van der Waals surface area contributed by atoms with Gasteiger partial charge in [0.2, 0.25) is 0 Å². The molecule has 1 N–H and O–H groups in total. The predicted molar refractivity (Wildman–Crippen MR) is 379 cm³/mol. The average molecular weight is 1300 g/mol. The quantitative estimate of drug-likeness (QED) is 0.125. The van der Waals surface area contributed by atoms with Crippen LogP contribution in [0.2, 0.25) is 0 Å². The zero-order valence-electron chi connectivity index (χ0n) is 56.6. The standard InChI is InChI=1S/C18H18N2.C17H18N2.C14H16N2.2C13H16N2.C2H4O.CH2O2.Y/c1-12-7-6-10-16-14-8-4-5-9-15(14)17-11-19(3)13(2)20(17)18(12)16;1-11-6-4-7-13-10-14-8-5-9-15-17(14)19(16(11)13)12(2)18(15)3;1-10-5-4-6-12-7-8-13-9-15(3)11(2)16(13)14(10)12;1-9-5-4-6-11-7-12-8-14(3)10(2)15(12)13(9)11;1-10-7-5-6-8-13(10)15-11(2)9-14(4)12(15)3;1-2-3;2-1-3;/h4-11,13H,1-3H3;4-9,12H,10H2,1-3H3;4-9,11H,1-3H3;4-6,8,10H,7H2,1-3H3;5-7,9,12H,2H2,1,3-4H3;2H,1H3;1H,(H,2,3);/q;;;;-2;;;. The first-order chi connectivity index (χ1) is 43.7. The maximum Gasteiger partial charge on any atom is 0.290 e. The molecule has 5 atom stereocenters. The van der Waals surface area contributed by atoms with Gasteiger partial charge in [-0.3, -0.25) is 4.79 Å². The van der Waals surface area contributed by atoms with Crippen LogP contribution in [-0.2, 0) is 55.1 Å². The molecular weight excluding hydrogens is 1210 g/mol. The summed E-state index contributed by atoms with van der Waals surface area (Å²) in [5, 5.41) is 6.89. The Hall–Kier alpha value is -8.65. The van der Waals surface area contributed by atoms with Gasteiger partial charge in [-0.25, -0.2) is 6.92 Å². The number of hydrogen-bond donors (Lipinski definition) is 1. The van der Waals surface area contributed by atoms with Crippen molar-refractivity contribution in [2.75, 3.05) is 64.6 Å². The van der Waals surface area contributed by atoms with Crippen LogP contribution < -0.4 is 29.4 Å². The fraction of sp³-hybridized carbons (Fsp3) is 0.295. The van der Waals surface area contributed by atoms with E-state index in [-0.39, 0.29) is 39.2 Å². The number of rotatable bonds is 1. The van der Waals surface area contributed by atoms with E-state index in [1.165, 1.54) is 125 Å². The molecule has 9 aliphatic rings. The molecule has 5 unspecified atom stereocenters. The van der Waals surface area contributed by atoms with E-state index < -0.39 is 0 Å². The van der Waals surface area contributed by atoms with Crippen LogP contribution in [0.1, 0.15) is 97.2 Å². The van der Waals surface area contributed by atoms with E-state index in [1.807, 2.05) is 12.1 Å². The number of aryl methyl sites for hydroxylation is 5. The molecule has 16 rings (SSSR count). The van der Waals surface area contributed by atoms with Crippen molar-refractivity contribution in [3.8, 4) is 11.1 Å². The molecule has 9 heterocycles. The van der Waals surface area contributed by atoms with E-state index in [2.05, 4.69) is 325 Å². The zero-order chi connectivity index (χ0) is 65.3. The molecule has 0 bridgehead atoms. The van der Waals surface area contributed by atoms with Gasteiger partial charge in [-0.1, -0.05) is 128 Å². The fourth-order valence-electron chi connectivity index (χ4n) is 14.1. The molecule has 0 fully saturated rings. The van der Waals surface area contributed by atoms with Gasteiger partial charge in [0.15, 0.2) is 0 Å². The Bertz CT molecular complexity index is 4030. The van der Waals surface area contributed by atoms with Crippen LogP contribution in [0, 0.1) is 47.6 Å². The van der Waals surface area contributed by atoms with Gasteiger partial charge in [0.25, 0.3) is 6.47 Å². The van der Waals surface area contributed by atoms with E-state index in [0.29, 0.717) is 30.8 Å². The molecule has 92 heavy (non-hydrogen) atoms. The normalized spacial score (nSPS) is 19.4. The summed E-state index contributed by atoms with van der Waals surface area (Å²) in [5.41, 5.74) is 30.9. The van der Waals surface area contributed by atoms with Gasteiger partial charge in [-0.2, -0.15) is 24.3 Å². The van der Waals surface area contributed by atoms with Crippen molar-refractivity contribution in [1.29, 1.82) is 0 Å². The van der Waals surface area contributed by atoms with Crippen molar-refractivity contribution in [3.63, 3.8) is 0 Å². The smallest absolute Gasteiger partial charge is 0.290 e. The first-order valence-electron chi connectivity index (χ1n) is 31.6. The number of carboxylic acid groups (broad SMARTS) is 1. The van der Waals surface area contributed by atoms with Crippen LogP contribution >= 0.6 is 0 Å². The summed E-state index contributed by atoms with van der Waals surface area (Å²) in [4.78, 5) is 40.6. The Balaban J connectivity index is 0.000000133. The number of aldehydes is 1. The first-order valence-corrected chi connectivity index (χ1v) is 31.6. The van der Waals surface area contributed by atoms with Gasteiger partial charge in [0.05, 0.1) is 40.3 Å². The van der Waals surface area contributed by atoms with Crippen molar-refractivity contribution in [2.45, 2.75) is 120 Å². The summed E-state index contributed by atoms with van der Waals surface area (Å²) in [6.45, 7) is 27.4. The summed E-state index contributed by atoms with van der Waals surface area (Å²) in [6, 6.07) is 51.1. The van der Waals surface area contributed by atoms with Gasteiger partial charge in [0.1, 0.15) is 30.9 Å². The van der Waals surface area contributed by atoms with E-state index in [1.54, 1.807) is 0 Å².